The van der Waals surface area contributed by atoms with Gasteiger partial charge in [-0.05, 0) is 149 Å². The summed E-state index contributed by atoms with van der Waals surface area (Å²) in [5.41, 5.74) is 9.85. The lowest BCUT2D eigenvalue weighted by atomic mass is 9.94. The third kappa shape index (κ3) is 9.58. The zero-order valence-electron chi connectivity index (χ0n) is 34.7. The molecule has 15 heteroatoms. The Hall–Kier alpha value is -6.59. The van der Waals surface area contributed by atoms with Gasteiger partial charge in [-0.15, -0.1) is 0 Å². The maximum Gasteiger partial charge on any atom is 0.303 e. The molecule has 3 aromatic carbocycles. The number of fused-ring (bicyclic) bond motifs is 2. The van der Waals surface area contributed by atoms with Crippen LogP contribution in [-0.4, -0.2) is 59.6 Å². The van der Waals surface area contributed by atoms with E-state index in [1.807, 2.05) is 59.7 Å². The van der Waals surface area contributed by atoms with E-state index in [0.29, 0.717) is 56.8 Å². The van der Waals surface area contributed by atoms with Crippen LogP contribution in [0.25, 0.3) is 45.7 Å². The molecule has 0 saturated heterocycles. The quantitative estimate of drug-likeness (QED) is 0.118. The summed E-state index contributed by atoms with van der Waals surface area (Å²) in [7, 11) is 0. The van der Waals surface area contributed by atoms with Crippen LogP contribution in [0.1, 0.15) is 104 Å². The van der Waals surface area contributed by atoms with Crippen LogP contribution < -0.4 is 9.47 Å². The molecule has 0 aliphatic heterocycles. The second-order valence-electron chi connectivity index (χ2n) is 15.9. The van der Waals surface area contributed by atoms with Gasteiger partial charge >= 0.3 is 11.9 Å². The predicted molar refractivity (Wildman–Crippen MR) is 225 cm³/mol. The highest BCUT2D eigenvalue weighted by Gasteiger charge is 2.28. The number of halogens is 1. The second kappa shape index (κ2) is 17.9. The van der Waals surface area contributed by atoms with E-state index in [4.69, 9.17) is 40.3 Å². The first kappa shape index (κ1) is 42.5. The van der Waals surface area contributed by atoms with E-state index >= 15 is 0 Å². The van der Waals surface area contributed by atoms with Gasteiger partial charge in [-0.2, -0.15) is 15.2 Å². The lowest BCUT2D eigenvalue weighted by Gasteiger charge is -2.11. The van der Waals surface area contributed by atoms with E-state index in [2.05, 4.69) is 37.4 Å². The number of carboxylic acid groups (broad SMARTS) is 2. The van der Waals surface area contributed by atoms with Crippen LogP contribution in [0.3, 0.4) is 0 Å². The van der Waals surface area contributed by atoms with Crippen LogP contribution in [-0.2, 0) is 22.4 Å². The topological polar surface area (TPSA) is 208 Å². The normalized spacial score (nSPS) is 15.2. The van der Waals surface area contributed by atoms with Gasteiger partial charge in [-0.25, -0.2) is 4.98 Å². The number of nitriles is 1. The first-order chi connectivity index (χ1) is 29.2. The van der Waals surface area contributed by atoms with Crippen molar-refractivity contribution in [1.82, 2.24) is 25.3 Å². The van der Waals surface area contributed by atoms with Crippen molar-refractivity contribution in [2.45, 2.75) is 104 Å². The molecular weight excluding hydrogens is 800 g/mol. The maximum atomic E-state index is 11.1. The van der Waals surface area contributed by atoms with Crippen molar-refractivity contribution in [1.29, 1.82) is 5.26 Å². The number of rotatable bonds is 12. The Balaban J connectivity index is 0.000000184. The maximum absolute atomic E-state index is 11.1. The summed E-state index contributed by atoms with van der Waals surface area (Å²) < 4.78 is 22.2. The van der Waals surface area contributed by atoms with Crippen LogP contribution in [0, 0.1) is 25.2 Å². The molecule has 2 unspecified atom stereocenters. The molecule has 2 atom stereocenters. The number of aliphatic carboxylic acids is 2. The lowest BCUT2D eigenvalue weighted by Crippen LogP contribution is -2.07. The van der Waals surface area contributed by atoms with Gasteiger partial charge in [0.05, 0.1) is 36.2 Å². The summed E-state index contributed by atoms with van der Waals surface area (Å²) in [6.45, 7) is 11.5. The molecule has 0 bridgehead atoms. The molecule has 2 aliphatic rings. The summed E-state index contributed by atoms with van der Waals surface area (Å²) in [6, 6.07) is 17.2. The minimum atomic E-state index is -0.774. The standard InChI is InChI=1S/C24H23N3O4.C22H22ClN3O4/c1-13(2)30-21-7-6-17(9-18(21)12-25)24-26-23(27-31-24)19-10-15-4-5-16(11-22(28)29)20(15)8-14(19)3;1-11(2)29-22-18(23)8-15(10-24-22)21-25-20(26-30-21)16-7-13-4-5-14(9-19(27)28)17(13)6-12(16)3/h6-10,13,16H,4-5,11H2,1-3H3,(H,28,29);6-8,10-11,14H,4-5,9H2,1-3H3,(H,27,28). The van der Waals surface area contributed by atoms with Crippen LogP contribution in [0.15, 0.2) is 63.8 Å². The Morgan fingerprint density at radius 1 is 0.787 bits per heavy atom. The van der Waals surface area contributed by atoms with Crippen molar-refractivity contribution in [2.75, 3.05) is 0 Å². The Morgan fingerprint density at radius 3 is 1.79 bits per heavy atom. The van der Waals surface area contributed by atoms with Crippen LogP contribution in [0.2, 0.25) is 5.02 Å². The Bertz CT molecular complexity index is 2660. The highest BCUT2D eigenvalue weighted by Crippen LogP contribution is 2.41. The second-order valence-corrected chi connectivity index (χ2v) is 16.3. The van der Waals surface area contributed by atoms with Crippen molar-refractivity contribution in [3.8, 4) is 63.4 Å². The zero-order valence-corrected chi connectivity index (χ0v) is 35.4. The molecular formula is C46H45ClN6O8. The van der Waals surface area contributed by atoms with E-state index in [1.165, 1.54) is 0 Å². The summed E-state index contributed by atoms with van der Waals surface area (Å²) >= 11 is 6.27. The Morgan fingerprint density at radius 2 is 1.31 bits per heavy atom. The van der Waals surface area contributed by atoms with E-state index in [-0.39, 0.29) is 36.9 Å². The molecule has 0 saturated carbocycles. The van der Waals surface area contributed by atoms with E-state index < -0.39 is 11.9 Å². The summed E-state index contributed by atoms with van der Waals surface area (Å²) in [5, 5.41) is 36.4. The van der Waals surface area contributed by atoms with Gasteiger partial charge < -0.3 is 28.7 Å². The molecule has 8 rings (SSSR count). The summed E-state index contributed by atoms with van der Waals surface area (Å²) in [5.74, 6) is 1.04. The van der Waals surface area contributed by atoms with Gasteiger partial charge in [0.25, 0.3) is 11.8 Å². The fraction of sp³-hybridized carbons (Fsp3) is 0.348. The van der Waals surface area contributed by atoms with Gasteiger partial charge in [0.1, 0.15) is 16.8 Å². The van der Waals surface area contributed by atoms with Crippen molar-refractivity contribution in [2.24, 2.45) is 0 Å². The molecule has 0 amide bonds. The minimum absolute atomic E-state index is 0.0336. The van der Waals surface area contributed by atoms with Gasteiger partial charge in [0.15, 0.2) is 0 Å². The molecule has 0 fully saturated rings. The molecule has 0 spiro atoms. The van der Waals surface area contributed by atoms with Gasteiger partial charge in [-0.3, -0.25) is 9.59 Å². The molecule has 314 valence electrons. The number of aryl methyl sites for hydroxylation is 4. The fourth-order valence-corrected chi connectivity index (χ4v) is 8.11. The van der Waals surface area contributed by atoms with Gasteiger partial charge in [0, 0.05) is 22.9 Å². The van der Waals surface area contributed by atoms with Gasteiger partial charge in [0.2, 0.25) is 17.5 Å². The third-order valence-electron chi connectivity index (χ3n) is 10.7. The predicted octanol–water partition coefficient (Wildman–Crippen LogP) is 9.93. The van der Waals surface area contributed by atoms with Gasteiger partial charge in [-0.1, -0.05) is 34.0 Å². The van der Waals surface area contributed by atoms with Crippen LogP contribution >= 0.6 is 11.6 Å². The van der Waals surface area contributed by atoms with Crippen molar-refractivity contribution in [3.63, 3.8) is 0 Å². The SMILES string of the molecule is Cc1cc2c(cc1-c1noc(-c3ccc(OC(C)C)c(C#N)c3)n1)CCC2CC(=O)O.Cc1cc2c(cc1-c1noc(-c3cnc(OC(C)C)c(Cl)c3)n1)CCC2CC(=O)O. The molecule has 3 heterocycles. The highest BCUT2D eigenvalue weighted by molar-refractivity contribution is 6.32. The third-order valence-corrected chi connectivity index (χ3v) is 10.9. The molecule has 0 radical (unpaired) electrons. The number of carboxylic acids is 2. The van der Waals surface area contributed by atoms with Crippen molar-refractivity contribution < 1.29 is 38.3 Å². The molecule has 14 nitrogen and oxygen atoms in total. The summed E-state index contributed by atoms with van der Waals surface area (Å²) in [6.07, 6.45) is 5.20. The number of hydrogen-bond acceptors (Lipinski definition) is 12. The molecule has 3 aromatic heterocycles. The van der Waals surface area contributed by atoms with Crippen LogP contribution in [0.4, 0.5) is 0 Å². The lowest BCUT2D eigenvalue weighted by molar-refractivity contribution is -0.138. The first-order valence-corrected chi connectivity index (χ1v) is 20.5. The molecule has 61 heavy (non-hydrogen) atoms. The molecule has 2 aliphatic carbocycles. The highest BCUT2D eigenvalue weighted by atomic mass is 35.5. The molecule has 6 aromatic rings. The number of aromatic nitrogens is 5. The van der Waals surface area contributed by atoms with Crippen LogP contribution in [0.5, 0.6) is 11.6 Å². The molecule has 2 N–H and O–H groups in total. The number of ether oxygens (including phenoxy) is 2. The number of benzene rings is 3. The summed E-state index contributed by atoms with van der Waals surface area (Å²) in [4.78, 5) is 35.6. The Labute approximate surface area is 357 Å². The Kier molecular flexibility index (Phi) is 12.5. The number of carbonyl (C=O) groups is 2. The smallest absolute Gasteiger partial charge is 0.303 e. The number of pyridine rings is 1. The first-order valence-electron chi connectivity index (χ1n) is 20.1. The van der Waals surface area contributed by atoms with Crippen molar-refractivity contribution >= 4 is 23.5 Å². The minimum Gasteiger partial charge on any atom is -0.490 e. The average Bonchev–Trinajstić information content (AvgIpc) is 4.03. The van der Waals surface area contributed by atoms with E-state index in [1.54, 1.807) is 30.5 Å². The number of nitrogens with zero attached hydrogens (tertiary/aromatic N) is 6. The van der Waals surface area contributed by atoms with Crippen molar-refractivity contribution in [3.05, 3.63) is 98.7 Å². The monoisotopic (exact) mass is 844 g/mol. The van der Waals surface area contributed by atoms with E-state index in [9.17, 15) is 14.9 Å². The largest absolute Gasteiger partial charge is 0.490 e. The zero-order chi connectivity index (χ0) is 43.5. The number of hydrogen-bond donors (Lipinski definition) is 2. The van der Waals surface area contributed by atoms with E-state index in [0.717, 1.165) is 70.2 Å². The fourth-order valence-electron chi connectivity index (χ4n) is 7.90. The average molecular weight is 845 g/mol.